The van der Waals surface area contributed by atoms with Crippen molar-refractivity contribution in [2.75, 3.05) is 6.54 Å². The maximum absolute atomic E-state index is 13.0. The Morgan fingerprint density at radius 1 is 1.18 bits per heavy atom. The number of carbonyl (C=O) groups excluding carboxylic acids is 2. The molecular formula is C16H15ClFNO2S. The van der Waals surface area contributed by atoms with Gasteiger partial charge in [-0.25, -0.2) is 4.39 Å². The molecule has 0 bridgehead atoms. The van der Waals surface area contributed by atoms with Crippen molar-refractivity contribution in [3.63, 3.8) is 0 Å². The predicted octanol–water partition coefficient (Wildman–Crippen LogP) is 3.86. The minimum Gasteiger partial charge on any atom is -0.356 e. The topological polar surface area (TPSA) is 46.2 Å². The first kappa shape index (κ1) is 16.6. The van der Waals surface area contributed by atoms with Crippen LogP contribution in [0.4, 0.5) is 4.39 Å². The lowest BCUT2D eigenvalue weighted by Crippen LogP contribution is -2.26. The van der Waals surface area contributed by atoms with Crippen LogP contribution < -0.4 is 5.32 Å². The van der Waals surface area contributed by atoms with Crippen molar-refractivity contribution in [2.24, 2.45) is 0 Å². The largest absolute Gasteiger partial charge is 0.356 e. The summed E-state index contributed by atoms with van der Waals surface area (Å²) in [5.41, 5.74) is 0.824. The molecule has 0 aliphatic heterocycles. The molecule has 6 heteroatoms. The van der Waals surface area contributed by atoms with Gasteiger partial charge in [0.2, 0.25) is 5.91 Å². The second kappa shape index (κ2) is 8.06. The third-order valence-corrected chi connectivity index (χ3v) is 4.32. The summed E-state index contributed by atoms with van der Waals surface area (Å²) >= 11 is 6.98. The van der Waals surface area contributed by atoms with Gasteiger partial charge in [-0.15, -0.1) is 11.3 Å². The summed E-state index contributed by atoms with van der Waals surface area (Å²) in [5.74, 6) is -0.561. The summed E-state index contributed by atoms with van der Waals surface area (Å²) in [6, 6.07) is 9.59. The SMILES string of the molecule is O=C(CCC(=O)c1ccc(Cl)s1)NCCc1cccc(F)c1. The van der Waals surface area contributed by atoms with E-state index in [1.54, 1.807) is 24.3 Å². The van der Waals surface area contributed by atoms with Gasteiger partial charge in [-0.1, -0.05) is 23.7 Å². The zero-order valence-corrected chi connectivity index (χ0v) is 13.3. The average Bonchev–Trinajstić information content (AvgIpc) is 2.91. The molecule has 0 aliphatic rings. The third-order valence-electron chi connectivity index (χ3n) is 3.05. The van der Waals surface area contributed by atoms with Gasteiger partial charge >= 0.3 is 0 Å². The fraction of sp³-hybridized carbons (Fsp3) is 0.250. The zero-order chi connectivity index (χ0) is 15.9. The maximum atomic E-state index is 13.0. The summed E-state index contributed by atoms with van der Waals surface area (Å²) in [5, 5.41) is 2.73. The minimum atomic E-state index is -0.288. The normalized spacial score (nSPS) is 10.5. The quantitative estimate of drug-likeness (QED) is 0.778. The van der Waals surface area contributed by atoms with Crippen LogP contribution in [-0.4, -0.2) is 18.2 Å². The molecule has 3 nitrogen and oxygen atoms in total. The molecule has 1 heterocycles. The van der Waals surface area contributed by atoms with Crippen LogP contribution in [0.2, 0.25) is 4.34 Å². The van der Waals surface area contributed by atoms with Gasteiger partial charge in [0.25, 0.3) is 0 Å². The highest BCUT2D eigenvalue weighted by molar-refractivity contribution is 7.18. The molecule has 0 radical (unpaired) electrons. The Hall–Kier alpha value is -1.72. The molecule has 0 fully saturated rings. The molecule has 0 unspecified atom stereocenters. The molecule has 1 amide bonds. The predicted molar refractivity (Wildman–Crippen MR) is 86.0 cm³/mol. The Kier molecular flexibility index (Phi) is 6.10. The van der Waals surface area contributed by atoms with E-state index in [9.17, 15) is 14.0 Å². The molecular weight excluding hydrogens is 325 g/mol. The van der Waals surface area contributed by atoms with E-state index in [1.165, 1.54) is 23.5 Å². The van der Waals surface area contributed by atoms with Crippen LogP contribution in [0.1, 0.15) is 28.1 Å². The molecule has 0 spiro atoms. The second-order valence-electron chi connectivity index (χ2n) is 4.76. The molecule has 0 atom stereocenters. The second-order valence-corrected chi connectivity index (χ2v) is 6.47. The summed E-state index contributed by atoms with van der Waals surface area (Å²) in [6.07, 6.45) is 0.845. The first-order chi connectivity index (χ1) is 10.5. The van der Waals surface area contributed by atoms with Gasteiger partial charge in [0, 0.05) is 19.4 Å². The van der Waals surface area contributed by atoms with Crippen molar-refractivity contribution in [3.8, 4) is 0 Å². The third kappa shape index (κ3) is 5.24. The van der Waals surface area contributed by atoms with E-state index in [0.29, 0.717) is 22.2 Å². The van der Waals surface area contributed by atoms with E-state index in [4.69, 9.17) is 11.6 Å². The average molecular weight is 340 g/mol. The van der Waals surface area contributed by atoms with Crippen molar-refractivity contribution in [3.05, 3.63) is 57.0 Å². The van der Waals surface area contributed by atoms with Gasteiger partial charge in [-0.2, -0.15) is 0 Å². The molecule has 0 aliphatic carbocycles. The first-order valence-corrected chi connectivity index (χ1v) is 8.04. The van der Waals surface area contributed by atoms with Gasteiger partial charge in [-0.3, -0.25) is 9.59 Å². The van der Waals surface area contributed by atoms with E-state index < -0.39 is 0 Å². The smallest absolute Gasteiger partial charge is 0.220 e. The Balaban J connectivity index is 1.69. The van der Waals surface area contributed by atoms with Gasteiger partial charge < -0.3 is 5.32 Å². The number of halogens is 2. The van der Waals surface area contributed by atoms with Crippen molar-refractivity contribution >= 4 is 34.6 Å². The number of hydrogen-bond donors (Lipinski definition) is 1. The van der Waals surface area contributed by atoms with Crippen molar-refractivity contribution in [1.82, 2.24) is 5.32 Å². The molecule has 2 rings (SSSR count). The van der Waals surface area contributed by atoms with E-state index in [-0.39, 0.29) is 30.3 Å². The minimum absolute atomic E-state index is 0.0859. The van der Waals surface area contributed by atoms with Crippen LogP contribution in [0.3, 0.4) is 0 Å². The molecule has 22 heavy (non-hydrogen) atoms. The fourth-order valence-corrected chi connectivity index (χ4v) is 2.95. The Bertz CT molecular complexity index is 672. The van der Waals surface area contributed by atoms with E-state index in [2.05, 4.69) is 5.32 Å². The van der Waals surface area contributed by atoms with Crippen LogP contribution in [-0.2, 0) is 11.2 Å². The molecule has 116 valence electrons. The summed E-state index contributed by atoms with van der Waals surface area (Å²) in [4.78, 5) is 24.1. The van der Waals surface area contributed by atoms with Crippen LogP contribution in [0.5, 0.6) is 0 Å². The molecule has 1 aromatic heterocycles. The molecule has 1 N–H and O–H groups in total. The number of hydrogen-bond acceptors (Lipinski definition) is 3. The number of rotatable bonds is 7. The van der Waals surface area contributed by atoms with Crippen molar-refractivity contribution < 1.29 is 14.0 Å². The van der Waals surface area contributed by atoms with Crippen LogP contribution in [0.25, 0.3) is 0 Å². The van der Waals surface area contributed by atoms with Gasteiger partial charge in [-0.05, 0) is 36.2 Å². The molecule has 2 aromatic rings. The van der Waals surface area contributed by atoms with E-state index in [0.717, 1.165) is 5.56 Å². The summed E-state index contributed by atoms with van der Waals surface area (Å²) < 4.78 is 13.6. The lowest BCUT2D eigenvalue weighted by atomic mass is 10.1. The number of nitrogens with one attached hydrogen (secondary N) is 1. The number of amides is 1. The van der Waals surface area contributed by atoms with Crippen LogP contribution in [0.15, 0.2) is 36.4 Å². The van der Waals surface area contributed by atoms with Crippen LogP contribution >= 0.6 is 22.9 Å². The lowest BCUT2D eigenvalue weighted by Gasteiger charge is -2.05. The lowest BCUT2D eigenvalue weighted by molar-refractivity contribution is -0.121. The van der Waals surface area contributed by atoms with Gasteiger partial charge in [0.15, 0.2) is 5.78 Å². The zero-order valence-electron chi connectivity index (χ0n) is 11.8. The monoisotopic (exact) mass is 339 g/mol. The van der Waals surface area contributed by atoms with Gasteiger partial charge in [0.05, 0.1) is 9.21 Å². The number of benzene rings is 1. The molecule has 1 aromatic carbocycles. The Morgan fingerprint density at radius 3 is 2.68 bits per heavy atom. The van der Waals surface area contributed by atoms with Crippen molar-refractivity contribution in [1.29, 1.82) is 0 Å². The Morgan fingerprint density at radius 2 is 2.00 bits per heavy atom. The number of ketones is 1. The number of Topliss-reactive ketones (excluding diaryl/α,β-unsaturated/α-hetero) is 1. The van der Waals surface area contributed by atoms with Crippen molar-refractivity contribution in [2.45, 2.75) is 19.3 Å². The van der Waals surface area contributed by atoms with Crippen LogP contribution in [0, 0.1) is 5.82 Å². The fourth-order valence-electron chi connectivity index (χ4n) is 1.94. The van der Waals surface area contributed by atoms with E-state index in [1.807, 2.05) is 0 Å². The van der Waals surface area contributed by atoms with E-state index >= 15 is 0 Å². The molecule has 0 saturated heterocycles. The highest BCUT2D eigenvalue weighted by Gasteiger charge is 2.11. The molecule has 0 saturated carbocycles. The summed E-state index contributed by atoms with van der Waals surface area (Å²) in [6.45, 7) is 0.418. The maximum Gasteiger partial charge on any atom is 0.220 e. The standard InChI is InChI=1S/C16H15ClFNO2S/c17-15-6-5-14(22-15)13(20)4-7-16(21)19-9-8-11-2-1-3-12(18)10-11/h1-3,5-6,10H,4,7-9H2,(H,19,21). The first-order valence-electron chi connectivity index (χ1n) is 6.84. The highest BCUT2D eigenvalue weighted by atomic mass is 35.5. The van der Waals surface area contributed by atoms with Gasteiger partial charge in [0.1, 0.15) is 5.82 Å². The number of carbonyl (C=O) groups is 2. The summed E-state index contributed by atoms with van der Waals surface area (Å²) in [7, 11) is 0. The Labute approximate surface area is 137 Å². The number of thiophene rings is 1. The highest BCUT2D eigenvalue weighted by Crippen LogP contribution is 2.22.